The molecule has 0 aromatic rings. The van der Waals surface area contributed by atoms with E-state index in [2.05, 4.69) is 74.7 Å². The van der Waals surface area contributed by atoms with Crippen LogP contribution < -0.4 is 5.32 Å². The molecule has 0 fully saturated rings. The number of hydrogen-bond donors (Lipinski definition) is 3. The molecular weight excluding hydrogens is 707 g/mol. The van der Waals surface area contributed by atoms with Crippen molar-refractivity contribution in [3.05, 3.63) is 48.6 Å². The minimum atomic E-state index is -0.793. The van der Waals surface area contributed by atoms with Gasteiger partial charge in [0.25, 0.3) is 0 Å². The molecule has 0 aliphatic heterocycles. The van der Waals surface area contributed by atoms with Gasteiger partial charge in [0.2, 0.25) is 5.91 Å². The van der Waals surface area contributed by atoms with Crippen LogP contribution in [0.25, 0.3) is 0 Å². The molecule has 6 heteroatoms. The Morgan fingerprint density at radius 2 is 0.912 bits per heavy atom. The van der Waals surface area contributed by atoms with Gasteiger partial charge in [0.15, 0.2) is 0 Å². The Morgan fingerprint density at radius 3 is 1.44 bits per heavy atom. The summed E-state index contributed by atoms with van der Waals surface area (Å²) in [6, 6.07) is -0.708. The Hall–Kier alpha value is -2.18. The minimum absolute atomic E-state index is 0.0582. The Bertz CT molecular complexity index is 988. The minimum Gasteiger partial charge on any atom is -0.462 e. The van der Waals surface area contributed by atoms with E-state index in [9.17, 15) is 19.8 Å². The number of esters is 1. The Labute approximate surface area is 353 Å². The SMILES string of the molecule is CCCCC/C=C\CCCCCC(CC(=O)NC(CO)C(O)CCCCCCCCCCCC)OC(=O)CCCCCCC/C=C/C=C/C=C/CCCCCCC. The fraction of sp³-hybridized carbons (Fsp3) is 0.804. The summed E-state index contributed by atoms with van der Waals surface area (Å²) in [6.07, 6.45) is 53.1. The van der Waals surface area contributed by atoms with Crippen molar-refractivity contribution < 1.29 is 24.5 Å². The van der Waals surface area contributed by atoms with Crippen molar-refractivity contribution in [2.24, 2.45) is 0 Å². The number of unbranched alkanes of at least 4 members (excludes halogenated alkanes) is 25. The Balaban J connectivity index is 4.56. The van der Waals surface area contributed by atoms with Gasteiger partial charge in [-0.05, 0) is 77.0 Å². The third-order valence-electron chi connectivity index (χ3n) is 10.9. The smallest absolute Gasteiger partial charge is 0.306 e. The maximum absolute atomic E-state index is 13.1. The lowest BCUT2D eigenvalue weighted by atomic mass is 10.0. The van der Waals surface area contributed by atoms with Gasteiger partial charge in [-0.1, -0.05) is 198 Å². The van der Waals surface area contributed by atoms with Crippen molar-refractivity contribution in [1.82, 2.24) is 5.32 Å². The van der Waals surface area contributed by atoms with Crippen LogP contribution in [0.15, 0.2) is 48.6 Å². The highest BCUT2D eigenvalue weighted by Crippen LogP contribution is 2.17. The second-order valence-corrected chi connectivity index (χ2v) is 16.6. The van der Waals surface area contributed by atoms with E-state index >= 15 is 0 Å². The lowest BCUT2D eigenvalue weighted by molar-refractivity contribution is -0.151. The second kappa shape index (κ2) is 44.9. The molecule has 57 heavy (non-hydrogen) atoms. The van der Waals surface area contributed by atoms with Crippen molar-refractivity contribution in [2.75, 3.05) is 6.61 Å². The van der Waals surface area contributed by atoms with Crippen molar-refractivity contribution >= 4 is 11.9 Å². The van der Waals surface area contributed by atoms with E-state index in [1.807, 2.05) is 0 Å². The molecule has 3 N–H and O–H groups in total. The molecule has 0 aromatic heterocycles. The number of aliphatic hydroxyl groups is 2. The third-order valence-corrected chi connectivity index (χ3v) is 10.9. The predicted octanol–water partition coefficient (Wildman–Crippen LogP) is 14.3. The van der Waals surface area contributed by atoms with Crippen LogP contribution in [0, 0.1) is 0 Å². The molecule has 0 heterocycles. The molecule has 0 saturated heterocycles. The largest absolute Gasteiger partial charge is 0.462 e. The zero-order valence-electron chi connectivity index (χ0n) is 37.7. The highest BCUT2D eigenvalue weighted by Gasteiger charge is 2.24. The highest BCUT2D eigenvalue weighted by atomic mass is 16.5. The van der Waals surface area contributed by atoms with E-state index in [0.717, 1.165) is 89.9 Å². The molecular formula is C51H93NO5. The fourth-order valence-corrected chi connectivity index (χ4v) is 7.19. The molecule has 0 rings (SSSR count). The average Bonchev–Trinajstić information content (AvgIpc) is 3.20. The van der Waals surface area contributed by atoms with Crippen LogP contribution >= 0.6 is 0 Å². The first-order valence-electron chi connectivity index (χ1n) is 24.4. The number of carbonyl (C=O) groups excluding carboxylic acids is 2. The van der Waals surface area contributed by atoms with Crippen LogP contribution in [-0.2, 0) is 14.3 Å². The molecule has 0 saturated carbocycles. The average molecular weight is 800 g/mol. The zero-order chi connectivity index (χ0) is 41.7. The van der Waals surface area contributed by atoms with Crippen LogP contribution in [0.3, 0.4) is 0 Å². The summed E-state index contributed by atoms with van der Waals surface area (Å²) in [5, 5.41) is 23.6. The lowest BCUT2D eigenvalue weighted by Crippen LogP contribution is -2.46. The van der Waals surface area contributed by atoms with E-state index < -0.39 is 18.2 Å². The number of aliphatic hydroxyl groups excluding tert-OH is 2. The number of amides is 1. The van der Waals surface area contributed by atoms with Gasteiger partial charge in [-0.3, -0.25) is 9.59 Å². The fourth-order valence-electron chi connectivity index (χ4n) is 7.19. The summed E-state index contributed by atoms with van der Waals surface area (Å²) >= 11 is 0. The Morgan fingerprint density at radius 1 is 0.509 bits per heavy atom. The van der Waals surface area contributed by atoms with Gasteiger partial charge >= 0.3 is 5.97 Å². The summed E-state index contributed by atoms with van der Waals surface area (Å²) in [6.45, 7) is 6.41. The molecule has 3 unspecified atom stereocenters. The van der Waals surface area contributed by atoms with Crippen LogP contribution in [0.4, 0.5) is 0 Å². The van der Waals surface area contributed by atoms with Gasteiger partial charge in [-0.2, -0.15) is 0 Å². The van der Waals surface area contributed by atoms with Crippen molar-refractivity contribution in [1.29, 1.82) is 0 Å². The molecule has 332 valence electrons. The van der Waals surface area contributed by atoms with E-state index in [4.69, 9.17) is 4.74 Å². The summed E-state index contributed by atoms with van der Waals surface area (Å²) in [5.74, 6) is -0.513. The third kappa shape index (κ3) is 40.4. The standard InChI is InChI=1S/C51H93NO5/c1-4-7-10-13-16-19-22-23-24-25-26-27-28-29-32-35-38-41-44-51(56)57-47(42-39-36-33-30-20-17-14-11-8-5-2)45-50(55)52-48(46-53)49(54)43-40-37-34-31-21-18-15-12-9-6-3/h17,20,22-27,47-49,53-54H,4-16,18-19,21,28-46H2,1-3H3,(H,52,55)/b20-17-,23-22+,25-24+,27-26+. The molecule has 1 amide bonds. The number of allylic oxidation sites excluding steroid dienone is 8. The normalized spacial score (nSPS) is 13.7. The summed E-state index contributed by atoms with van der Waals surface area (Å²) in [4.78, 5) is 26.0. The van der Waals surface area contributed by atoms with E-state index in [1.165, 1.54) is 103 Å². The number of hydrogen-bond acceptors (Lipinski definition) is 5. The number of nitrogens with one attached hydrogen (secondary N) is 1. The van der Waals surface area contributed by atoms with Gasteiger partial charge in [0.05, 0.1) is 25.2 Å². The molecule has 0 aliphatic carbocycles. The van der Waals surface area contributed by atoms with Gasteiger partial charge in [-0.15, -0.1) is 0 Å². The predicted molar refractivity (Wildman–Crippen MR) is 245 cm³/mol. The maximum atomic E-state index is 13.1. The quantitative estimate of drug-likeness (QED) is 0.0247. The molecule has 6 nitrogen and oxygen atoms in total. The van der Waals surface area contributed by atoms with Crippen LogP contribution in [-0.4, -0.2) is 46.9 Å². The summed E-state index contributed by atoms with van der Waals surface area (Å²) in [5.41, 5.74) is 0. The molecule has 0 aliphatic rings. The number of carbonyl (C=O) groups is 2. The van der Waals surface area contributed by atoms with Gasteiger partial charge in [0, 0.05) is 6.42 Å². The van der Waals surface area contributed by atoms with Crippen LogP contribution in [0.1, 0.15) is 239 Å². The molecule has 0 aromatic carbocycles. The molecule has 3 atom stereocenters. The van der Waals surface area contributed by atoms with Gasteiger partial charge < -0.3 is 20.3 Å². The van der Waals surface area contributed by atoms with E-state index in [1.54, 1.807) is 0 Å². The molecule has 0 radical (unpaired) electrons. The highest BCUT2D eigenvalue weighted by molar-refractivity contribution is 5.77. The first kappa shape index (κ1) is 54.8. The van der Waals surface area contributed by atoms with E-state index in [-0.39, 0.29) is 24.9 Å². The van der Waals surface area contributed by atoms with Crippen LogP contribution in [0.2, 0.25) is 0 Å². The van der Waals surface area contributed by atoms with Crippen molar-refractivity contribution in [3.63, 3.8) is 0 Å². The lowest BCUT2D eigenvalue weighted by Gasteiger charge is -2.24. The zero-order valence-corrected chi connectivity index (χ0v) is 37.7. The van der Waals surface area contributed by atoms with Gasteiger partial charge in [0.1, 0.15) is 6.10 Å². The first-order valence-corrected chi connectivity index (χ1v) is 24.4. The van der Waals surface area contributed by atoms with Crippen molar-refractivity contribution in [3.8, 4) is 0 Å². The molecule has 0 spiro atoms. The maximum Gasteiger partial charge on any atom is 0.306 e. The number of ether oxygens (including phenoxy) is 1. The monoisotopic (exact) mass is 800 g/mol. The topological polar surface area (TPSA) is 95.9 Å². The van der Waals surface area contributed by atoms with Gasteiger partial charge in [-0.25, -0.2) is 0 Å². The summed E-state index contributed by atoms with van der Waals surface area (Å²) in [7, 11) is 0. The second-order valence-electron chi connectivity index (χ2n) is 16.6. The summed E-state index contributed by atoms with van der Waals surface area (Å²) < 4.78 is 5.89. The Kier molecular flexibility index (Phi) is 43.2. The van der Waals surface area contributed by atoms with Crippen molar-refractivity contribution in [2.45, 2.75) is 257 Å². The van der Waals surface area contributed by atoms with Crippen LogP contribution in [0.5, 0.6) is 0 Å². The first-order chi connectivity index (χ1) is 28.0. The molecule has 0 bridgehead atoms. The number of rotatable bonds is 43. The van der Waals surface area contributed by atoms with E-state index in [0.29, 0.717) is 19.3 Å².